The first-order valence-electron chi connectivity index (χ1n) is 5.92. The van der Waals surface area contributed by atoms with Gasteiger partial charge in [0.2, 0.25) is 0 Å². The Labute approximate surface area is 98.8 Å². The number of benzene rings is 1. The van der Waals surface area contributed by atoms with Gasteiger partial charge in [0, 0.05) is 18.3 Å². The standard InChI is InChI=1S/C9H11N3.2C2H6/c1-11-7-2-3-8-6(4-7)5-12-9(8)10;2*1-2/h2-4,11H,5H2,1H3,(H2,10,12);2*1-2H3. The fourth-order valence-corrected chi connectivity index (χ4v) is 1.39. The lowest BCUT2D eigenvalue weighted by Gasteiger charge is -2.02. The minimum absolute atomic E-state index is 0.660. The molecule has 0 aromatic heterocycles. The van der Waals surface area contributed by atoms with Crippen LogP contribution in [0.3, 0.4) is 0 Å². The van der Waals surface area contributed by atoms with Gasteiger partial charge in [-0.05, 0) is 23.8 Å². The van der Waals surface area contributed by atoms with E-state index in [4.69, 9.17) is 5.73 Å². The normalized spacial score (nSPS) is 11.2. The molecule has 0 bridgehead atoms. The predicted molar refractivity (Wildman–Crippen MR) is 73.1 cm³/mol. The summed E-state index contributed by atoms with van der Waals surface area (Å²) in [5.41, 5.74) is 9.06. The van der Waals surface area contributed by atoms with Crippen LogP contribution in [0.15, 0.2) is 23.2 Å². The zero-order chi connectivity index (χ0) is 12.6. The molecule has 90 valence electrons. The number of fused-ring (bicyclic) bond motifs is 1. The van der Waals surface area contributed by atoms with Crippen LogP contribution in [0.2, 0.25) is 0 Å². The van der Waals surface area contributed by atoms with Crippen LogP contribution in [0.1, 0.15) is 38.8 Å². The second-order valence-corrected chi connectivity index (χ2v) is 2.82. The number of nitrogens with two attached hydrogens (primary N) is 1. The van der Waals surface area contributed by atoms with Gasteiger partial charge < -0.3 is 11.1 Å². The first-order chi connectivity index (χ1) is 7.81. The molecular formula is C13H23N3. The molecule has 0 amide bonds. The molecule has 1 aliphatic heterocycles. The van der Waals surface area contributed by atoms with Crippen molar-refractivity contribution in [3.63, 3.8) is 0 Å². The van der Waals surface area contributed by atoms with Crippen molar-refractivity contribution in [1.82, 2.24) is 0 Å². The summed E-state index contributed by atoms with van der Waals surface area (Å²) < 4.78 is 0. The summed E-state index contributed by atoms with van der Waals surface area (Å²) in [5.74, 6) is 0.660. The van der Waals surface area contributed by atoms with Crippen molar-refractivity contribution < 1.29 is 0 Å². The molecule has 0 spiro atoms. The van der Waals surface area contributed by atoms with Gasteiger partial charge in [-0.3, -0.25) is 4.99 Å². The Kier molecular flexibility index (Phi) is 7.01. The van der Waals surface area contributed by atoms with E-state index in [1.807, 2.05) is 46.9 Å². The van der Waals surface area contributed by atoms with E-state index in [-0.39, 0.29) is 0 Å². The monoisotopic (exact) mass is 221 g/mol. The summed E-state index contributed by atoms with van der Waals surface area (Å²) in [6, 6.07) is 6.10. The van der Waals surface area contributed by atoms with Crippen molar-refractivity contribution in [2.75, 3.05) is 12.4 Å². The van der Waals surface area contributed by atoms with Gasteiger partial charge in [-0.1, -0.05) is 27.7 Å². The number of nitrogens with zero attached hydrogens (tertiary/aromatic N) is 1. The second kappa shape index (κ2) is 7.74. The smallest absolute Gasteiger partial charge is 0.126 e. The summed E-state index contributed by atoms with van der Waals surface area (Å²) in [4.78, 5) is 4.15. The molecule has 16 heavy (non-hydrogen) atoms. The van der Waals surface area contributed by atoms with Crippen molar-refractivity contribution in [2.45, 2.75) is 34.2 Å². The van der Waals surface area contributed by atoms with Crippen molar-refractivity contribution in [1.29, 1.82) is 0 Å². The summed E-state index contributed by atoms with van der Waals surface area (Å²) in [6.45, 7) is 8.72. The van der Waals surface area contributed by atoms with Gasteiger partial charge in [0.1, 0.15) is 5.84 Å². The molecule has 0 aliphatic carbocycles. The van der Waals surface area contributed by atoms with Crippen LogP contribution in [0.25, 0.3) is 0 Å². The maximum Gasteiger partial charge on any atom is 0.126 e. The van der Waals surface area contributed by atoms with E-state index in [9.17, 15) is 0 Å². The highest BCUT2D eigenvalue weighted by Gasteiger charge is 2.12. The maximum absolute atomic E-state index is 5.67. The van der Waals surface area contributed by atoms with Crippen LogP contribution in [0, 0.1) is 0 Å². The quantitative estimate of drug-likeness (QED) is 0.766. The molecule has 1 aliphatic rings. The Morgan fingerprint density at radius 2 is 1.81 bits per heavy atom. The molecule has 3 N–H and O–H groups in total. The lowest BCUT2D eigenvalue weighted by molar-refractivity contribution is 1.11. The number of hydrogen-bond donors (Lipinski definition) is 2. The molecule has 1 aromatic carbocycles. The van der Waals surface area contributed by atoms with Gasteiger partial charge in [-0.25, -0.2) is 0 Å². The molecule has 0 atom stereocenters. The molecule has 1 aromatic rings. The molecular weight excluding hydrogens is 198 g/mol. The third kappa shape index (κ3) is 3.26. The number of nitrogens with one attached hydrogen (secondary N) is 1. The summed E-state index contributed by atoms with van der Waals surface area (Å²) in [6.07, 6.45) is 0. The zero-order valence-electron chi connectivity index (χ0n) is 11.0. The third-order valence-corrected chi connectivity index (χ3v) is 2.09. The Balaban J connectivity index is 0.000000509. The molecule has 0 unspecified atom stereocenters. The molecule has 0 saturated heterocycles. The highest BCUT2D eigenvalue weighted by Crippen LogP contribution is 2.20. The Morgan fingerprint density at radius 1 is 1.19 bits per heavy atom. The molecule has 0 radical (unpaired) electrons. The minimum Gasteiger partial charge on any atom is -0.388 e. The topological polar surface area (TPSA) is 50.4 Å². The van der Waals surface area contributed by atoms with Crippen molar-refractivity contribution >= 4 is 11.5 Å². The lowest BCUT2D eigenvalue weighted by Crippen LogP contribution is -2.10. The van der Waals surface area contributed by atoms with E-state index in [0.717, 1.165) is 17.8 Å². The Bertz CT molecular complexity index is 343. The summed E-state index contributed by atoms with van der Waals surface area (Å²) in [5, 5.41) is 3.08. The number of rotatable bonds is 1. The second-order valence-electron chi connectivity index (χ2n) is 2.82. The van der Waals surface area contributed by atoms with Crippen molar-refractivity contribution in [3.8, 4) is 0 Å². The zero-order valence-corrected chi connectivity index (χ0v) is 11.0. The van der Waals surface area contributed by atoms with Crippen LogP contribution >= 0.6 is 0 Å². The first kappa shape index (κ1) is 14.5. The molecule has 2 rings (SSSR count). The SMILES string of the molecule is CC.CC.CNc1ccc2c(c1)CN=C2N. The summed E-state index contributed by atoms with van der Waals surface area (Å²) >= 11 is 0. The molecule has 1 heterocycles. The van der Waals surface area contributed by atoms with E-state index in [1.54, 1.807) is 0 Å². The number of amidine groups is 1. The van der Waals surface area contributed by atoms with Gasteiger partial charge in [0.05, 0.1) is 6.54 Å². The van der Waals surface area contributed by atoms with Gasteiger partial charge in [-0.15, -0.1) is 0 Å². The molecule has 3 nitrogen and oxygen atoms in total. The van der Waals surface area contributed by atoms with Gasteiger partial charge in [0.15, 0.2) is 0 Å². The van der Waals surface area contributed by atoms with Crippen LogP contribution in [-0.2, 0) is 6.54 Å². The average Bonchev–Trinajstić information content (AvgIpc) is 2.75. The van der Waals surface area contributed by atoms with E-state index >= 15 is 0 Å². The minimum atomic E-state index is 0.660. The third-order valence-electron chi connectivity index (χ3n) is 2.09. The van der Waals surface area contributed by atoms with Crippen molar-refractivity contribution in [3.05, 3.63) is 29.3 Å². The molecule has 3 heteroatoms. The first-order valence-corrected chi connectivity index (χ1v) is 5.92. The largest absolute Gasteiger partial charge is 0.388 e. The van der Waals surface area contributed by atoms with Gasteiger partial charge >= 0.3 is 0 Å². The predicted octanol–water partition coefficient (Wildman–Crippen LogP) is 3.00. The Hall–Kier alpha value is -1.51. The van der Waals surface area contributed by atoms with Crippen LogP contribution in [0.4, 0.5) is 5.69 Å². The van der Waals surface area contributed by atoms with E-state index in [2.05, 4.69) is 16.4 Å². The van der Waals surface area contributed by atoms with Crippen LogP contribution in [-0.4, -0.2) is 12.9 Å². The maximum atomic E-state index is 5.67. The average molecular weight is 221 g/mol. The number of hydrogen-bond acceptors (Lipinski definition) is 3. The fourth-order valence-electron chi connectivity index (χ4n) is 1.39. The van der Waals surface area contributed by atoms with Gasteiger partial charge in [-0.2, -0.15) is 0 Å². The highest BCUT2D eigenvalue weighted by atomic mass is 14.9. The lowest BCUT2D eigenvalue weighted by atomic mass is 10.1. The summed E-state index contributed by atoms with van der Waals surface area (Å²) in [7, 11) is 1.90. The Morgan fingerprint density at radius 3 is 2.38 bits per heavy atom. The molecule has 0 fully saturated rings. The van der Waals surface area contributed by atoms with E-state index < -0.39 is 0 Å². The number of anilines is 1. The van der Waals surface area contributed by atoms with Crippen LogP contribution < -0.4 is 11.1 Å². The van der Waals surface area contributed by atoms with E-state index in [0.29, 0.717) is 5.84 Å². The molecule has 0 saturated carbocycles. The van der Waals surface area contributed by atoms with Crippen LogP contribution in [0.5, 0.6) is 0 Å². The van der Waals surface area contributed by atoms with Gasteiger partial charge in [0.25, 0.3) is 0 Å². The fraction of sp³-hybridized carbons (Fsp3) is 0.462. The van der Waals surface area contributed by atoms with E-state index in [1.165, 1.54) is 5.56 Å². The highest BCUT2D eigenvalue weighted by molar-refractivity contribution is 6.01. The van der Waals surface area contributed by atoms with Crippen molar-refractivity contribution in [2.24, 2.45) is 10.7 Å². The number of aliphatic imine (C=N–C) groups is 1.